The van der Waals surface area contributed by atoms with E-state index in [1.165, 1.54) is 5.56 Å². The molecule has 1 atom stereocenters. The Balaban J connectivity index is 1.79. The monoisotopic (exact) mass is 565 g/mol. The molecule has 0 aliphatic rings. The highest BCUT2D eigenvalue weighted by Gasteiger charge is 2.40. The first-order valence-electron chi connectivity index (χ1n) is 13.0. The van der Waals surface area contributed by atoms with Crippen LogP contribution in [0.2, 0.25) is 18.1 Å². The third-order valence-electron chi connectivity index (χ3n) is 6.98. The highest BCUT2D eigenvalue weighted by molar-refractivity contribution is 9.09. The summed E-state index contributed by atoms with van der Waals surface area (Å²) in [5.41, 5.74) is 3.34. The molecular formula is C31H40BrNO2Si. The number of nitrogens with zero attached hydrogens (tertiary/aromatic N) is 1. The highest BCUT2D eigenvalue weighted by atomic mass is 79.9. The molecule has 2 aromatic carbocycles. The van der Waals surface area contributed by atoms with E-state index in [0.29, 0.717) is 24.2 Å². The molecule has 3 rings (SSSR count). The van der Waals surface area contributed by atoms with E-state index >= 15 is 0 Å². The van der Waals surface area contributed by atoms with E-state index in [1.54, 1.807) is 0 Å². The lowest BCUT2D eigenvalue weighted by atomic mass is 10.1. The van der Waals surface area contributed by atoms with Gasteiger partial charge in [-0.2, -0.15) is 0 Å². The van der Waals surface area contributed by atoms with Gasteiger partial charge in [-0.25, -0.2) is 4.98 Å². The Morgan fingerprint density at radius 1 is 0.944 bits per heavy atom. The molecule has 1 heterocycles. The molecule has 0 saturated carbocycles. The van der Waals surface area contributed by atoms with Crippen LogP contribution in [0.1, 0.15) is 63.7 Å². The summed E-state index contributed by atoms with van der Waals surface area (Å²) in [5, 5.41) is 1.85. The van der Waals surface area contributed by atoms with E-state index in [4.69, 9.17) is 14.1 Å². The summed E-state index contributed by atoms with van der Waals surface area (Å²) in [7, 11) is -2.05. The van der Waals surface area contributed by atoms with Crippen molar-refractivity contribution < 1.29 is 9.16 Å². The number of pyridine rings is 1. The van der Waals surface area contributed by atoms with E-state index < -0.39 is 8.32 Å². The third kappa shape index (κ3) is 8.20. The van der Waals surface area contributed by atoms with Crippen molar-refractivity contribution in [2.45, 2.75) is 77.1 Å². The summed E-state index contributed by atoms with van der Waals surface area (Å²) >= 11 is 3.42. The molecule has 0 aliphatic heterocycles. The molecule has 192 valence electrons. The number of hydrogen-bond donors (Lipinski definition) is 0. The number of rotatable bonds is 11. The molecule has 0 fully saturated rings. The number of halogens is 1. The molecule has 0 radical (unpaired) electrons. The Hall–Kier alpha value is -2.13. The number of aromatic nitrogens is 1. The lowest BCUT2D eigenvalue weighted by Gasteiger charge is -2.39. The minimum atomic E-state index is -2.05. The summed E-state index contributed by atoms with van der Waals surface area (Å²) in [5.74, 6) is 7.13. The summed E-state index contributed by atoms with van der Waals surface area (Å²) in [4.78, 5) is 4.94. The first kappa shape index (κ1) is 28.4. The SMILES string of the molecule is CC(C)(C)[Si](C)(C)OC(CC#CCBr)c1cc2ccccc2nc1OCCCCCc1ccccc1. The predicted octanol–water partition coefficient (Wildman–Crippen LogP) is 8.88. The minimum Gasteiger partial charge on any atom is -0.477 e. The Morgan fingerprint density at radius 3 is 2.39 bits per heavy atom. The van der Waals surface area contributed by atoms with Gasteiger partial charge in [0.25, 0.3) is 0 Å². The Bertz CT molecular complexity index is 1160. The summed E-state index contributed by atoms with van der Waals surface area (Å²) < 4.78 is 13.3. The van der Waals surface area contributed by atoms with E-state index in [9.17, 15) is 0 Å². The number of fused-ring (bicyclic) bond motifs is 1. The fourth-order valence-electron chi connectivity index (χ4n) is 3.84. The van der Waals surface area contributed by atoms with Crippen LogP contribution < -0.4 is 4.74 Å². The Labute approximate surface area is 227 Å². The van der Waals surface area contributed by atoms with Crippen LogP contribution in [0.4, 0.5) is 0 Å². The van der Waals surface area contributed by atoms with Crippen LogP contribution in [-0.2, 0) is 10.8 Å². The molecule has 1 unspecified atom stereocenters. The summed E-state index contributed by atoms with van der Waals surface area (Å²) in [6.07, 6.45) is 4.82. The van der Waals surface area contributed by atoms with Gasteiger partial charge in [-0.05, 0) is 61.5 Å². The molecule has 0 amide bonds. The maximum absolute atomic E-state index is 6.92. The Morgan fingerprint density at radius 2 is 1.67 bits per heavy atom. The van der Waals surface area contributed by atoms with Crippen molar-refractivity contribution >= 4 is 35.2 Å². The van der Waals surface area contributed by atoms with Gasteiger partial charge in [-0.1, -0.05) is 97.1 Å². The van der Waals surface area contributed by atoms with Gasteiger partial charge < -0.3 is 9.16 Å². The molecule has 36 heavy (non-hydrogen) atoms. The number of para-hydroxylation sites is 1. The minimum absolute atomic E-state index is 0.0954. The number of hydrogen-bond acceptors (Lipinski definition) is 3. The molecular weight excluding hydrogens is 526 g/mol. The topological polar surface area (TPSA) is 31.4 Å². The zero-order valence-electron chi connectivity index (χ0n) is 22.4. The Kier molecular flexibility index (Phi) is 10.6. The quantitative estimate of drug-likeness (QED) is 0.101. The van der Waals surface area contributed by atoms with Crippen LogP contribution in [0, 0.1) is 11.8 Å². The summed E-state index contributed by atoms with van der Waals surface area (Å²) in [6.45, 7) is 12.0. The normalized spacial score (nSPS) is 12.7. The molecule has 3 aromatic rings. The second kappa shape index (κ2) is 13.4. The van der Waals surface area contributed by atoms with Crippen LogP contribution in [0.15, 0.2) is 60.7 Å². The lowest BCUT2D eigenvalue weighted by molar-refractivity contribution is 0.180. The number of unbranched alkanes of at least 4 members (excludes halogenated alkanes) is 2. The van der Waals surface area contributed by atoms with Gasteiger partial charge in [0, 0.05) is 17.4 Å². The standard InChI is InChI=1S/C31H40BrNO2Si/c1-31(2,3)36(4,5)35-29(21-13-14-22-32)27-24-26-19-11-12-20-28(26)33-30(27)34-23-15-7-10-18-25-16-8-6-9-17-25/h6,8-9,11-12,16-17,19-20,24,29H,7,10,15,18,21-23H2,1-5H3. The van der Waals surface area contributed by atoms with E-state index in [2.05, 4.69) is 110 Å². The second-order valence-corrected chi connectivity index (χ2v) is 16.1. The van der Waals surface area contributed by atoms with Crippen LogP contribution in [-0.4, -0.2) is 25.2 Å². The molecule has 1 aromatic heterocycles. The van der Waals surface area contributed by atoms with E-state index in [1.807, 2.05) is 12.1 Å². The van der Waals surface area contributed by atoms with Crippen LogP contribution in [0.25, 0.3) is 10.9 Å². The van der Waals surface area contributed by atoms with Gasteiger partial charge in [0.1, 0.15) is 0 Å². The average molecular weight is 567 g/mol. The van der Waals surface area contributed by atoms with E-state index in [-0.39, 0.29) is 11.1 Å². The van der Waals surface area contributed by atoms with Gasteiger partial charge in [-0.15, -0.1) is 0 Å². The van der Waals surface area contributed by atoms with Crippen molar-refractivity contribution in [1.82, 2.24) is 4.98 Å². The molecule has 0 spiro atoms. The van der Waals surface area contributed by atoms with Gasteiger partial charge in [0.2, 0.25) is 5.88 Å². The van der Waals surface area contributed by atoms with Gasteiger partial charge in [-0.3, -0.25) is 0 Å². The largest absolute Gasteiger partial charge is 0.477 e. The molecule has 0 N–H and O–H groups in total. The first-order valence-corrected chi connectivity index (χ1v) is 17.0. The number of alkyl halides is 1. The fraction of sp³-hybridized carbons (Fsp3) is 0.452. The van der Waals surface area contributed by atoms with Crippen molar-refractivity contribution in [3.8, 4) is 17.7 Å². The van der Waals surface area contributed by atoms with Crippen molar-refractivity contribution in [2.75, 3.05) is 11.9 Å². The molecule has 5 heteroatoms. The third-order valence-corrected chi connectivity index (χ3v) is 11.7. The van der Waals surface area contributed by atoms with Gasteiger partial charge in [0.05, 0.1) is 23.6 Å². The smallest absolute Gasteiger partial charge is 0.219 e. The number of benzene rings is 2. The zero-order chi connectivity index (χ0) is 26.0. The maximum Gasteiger partial charge on any atom is 0.219 e. The average Bonchev–Trinajstić information content (AvgIpc) is 2.85. The summed E-state index contributed by atoms with van der Waals surface area (Å²) in [6, 6.07) is 21.1. The van der Waals surface area contributed by atoms with Crippen molar-refractivity contribution in [1.29, 1.82) is 0 Å². The lowest BCUT2D eigenvalue weighted by Crippen LogP contribution is -2.41. The predicted molar refractivity (Wildman–Crippen MR) is 158 cm³/mol. The van der Waals surface area contributed by atoms with Crippen molar-refractivity contribution in [3.63, 3.8) is 0 Å². The van der Waals surface area contributed by atoms with Crippen LogP contribution in [0.5, 0.6) is 5.88 Å². The highest BCUT2D eigenvalue weighted by Crippen LogP contribution is 2.42. The number of ether oxygens (including phenoxy) is 1. The number of aryl methyl sites for hydroxylation is 1. The first-order chi connectivity index (χ1) is 17.2. The van der Waals surface area contributed by atoms with Crippen molar-refractivity contribution in [3.05, 3.63) is 71.8 Å². The fourth-order valence-corrected chi connectivity index (χ4v) is 5.32. The molecule has 3 nitrogen and oxygen atoms in total. The van der Waals surface area contributed by atoms with E-state index in [0.717, 1.165) is 42.1 Å². The van der Waals surface area contributed by atoms with Crippen LogP contribution >= 0.6 is 15.9 Å². The van der Waals surface area contributed by atoms with Gasteiger partial charge >= 0.3 is 0 Å². The van der Waals surface area contributed by atoms with Crippen LogP contribution in [0.3, 0.4) is 0 Å². The molecule has 0 aliphatic carbocycles. The molecule has 0 saturated heterocycles. The zero-order valence-corrected chi connectivity index (χ0v) is 25.0. The molecule has 0 bridgehead atoms. The maximum atomic E-state index is 6.92. The van der Waals surface area contributed by atoms with Gasteiger partial charge in [0.15, 0.2) is 8.32 Å². The van der Waals surface area contributed by atoms with Crippen molar-refractivity contribution in [2.24, 2.45) is 0 Å². The second-order valence-electron chi connectivity index (χ2n) is 10.8.